The van der Waals surface area contributed by atoms with Crippen LogP contribution >= 0.6 is 11.6 Å². The number of carbonyl (C=O) groups is 3. The number of halogens is 1. The third kappa shape index (κ3) is 3.85. The van der Waals surface area contributed by atoms with Crippen molar-refractivity contribution >= 4 is 35.5 Å². The predicted molar refractivity (Wildman–Crippen MR) is 85.4 cm³/mol. The molecule has 1 aliphatic rings. The topological polar surface area (TPSA) is 82.1 Å². The van der Waals surface area contributed by atoms with Crippen LogP contribution in [0.4, 0.5) is 5.69 Å². The van der Waals surface area contributed by atoms with Crippen molar-refractivity contribution in [3.63, 3.8) is 0 Å². The Kier molecular flexibility index (Phi) is 6.16. The first-order chi connectivity index (χ1) is 11.5. The number of nitrogens with zero attached hydrogens (tertiary/aromatic N) is 1. The van der Waals surface area contributed by atoms with Crippen LogP contribution in [-0.4, -0.2) is 44.6 Å². The highest BCUT2D eigenvalue weighted by molar-refractivity contribution is 6.30. The van der Waals surface area contributed by atoms with Crippen LogP contribution in [0.2, 0.25) is 5.02 Å². The van der Waals surface area contributed by atoms with Gasteiger partial charge in [0, 0.05) is 5.02 Å². The predicted octanol–water partition coefficient (Wildman–Crippen LogP) is 1.77. The summed E-state index contributed by atoms with van der Waals surface area (Å²) in [5, 5.41) is 1.91. The van der Waals surface area contributed by atoms with Gasteiger partial charge in [-0.3, -0.25) is 14.4 Å². The van der Waals surface area contributed by atoms with Crippen LogP contribution in [0.1, 0.15) is 12.8 Å². The second-order valence-electron chi connectivity index (χ2n) is 5.25. The van der Waals surface area contributed by atoms with Crippen molar-refractivity contribution in [1.82, 2.24) is 0 Å². The number of hydrogen-bond donors (Lipinski definition) is 0. The van der Waals surface area contributed by atoms with Crippen molar-refractivity contribution in [3.8, 4) is 0 Å². The van der Waals surface area contributed by atoms with E-state index in [1.54, 1.807) is 24.3 Å². The van der Waals surface area contributed by atoms with Gasteiger partial charge < -0.3 is 14.3 Å². The van der Waals surface area contributed by atoms with Crippen LogP contribution in [0, 0.1) is 5.92 Å². The molecule has 0 N–H and O–H groups in total. The lowest BCUT2D eigenvalue weighted by Crippen LogP contribution is -2.52. The lowest BCUT2D eigenvalue weighted by atomic mass is 9.92. The van der Waals surface area contributed by atoms with Gasteiger partial charge in [0.05, 0.1) is 25.9 Å². The van der Waals surface area contributed by atoms with Crippen LogP contribution in [0.25, 0.3) is 0 Å². The summed E-state index contributed by atoms with van der Waals surface area (Å²) in [7, 11) is 2.39. The fourth-order valence-electron chi connectivity index (χ4n) is 2.63. The van der Waals surface area contributed by atoms with Crippen molar-refractivity contribution < 1.29 is 28.7 Å². The van der Waals surface area contributed by atoms with Gasteiger partial charge in [-0.25, -0.2) is 5.06 Å². The molecule has 1 aliphatic heterocycles. The minimum Gasteiger partial charge on any atom is -0.468 e. The number of hydrogen-bond acceptors (Lipinski definition) is 7. The van der Waals surface area contributed by atoms with Crippen molar-refractivity contribution in [2.24, 2.45) is 5.92 Å². The zero-order chi connectivity index (χ0) is 17.7. The molecule has 1 aromatic rings. The molecule has 0 bridgehead atoms. The summed E-state index contributed by atoms with van der Waals surface area (Å²) in [4.78, 5) is 40.9. The zero-order valence-electron chi connectivity index (χ0n) is 13.3. The Hall–Kier alpha value is -2.12. The van der Waals surface area contributed by atoms with Crippen molar-refractivity contribution in [2.75, 3.05) is 19.3 Å². The molecule has 7 nitrogen and oxygen atoms in total. The quantitative estimate of drug-likeness (QED) is 0.452. The van der Waals surface area contributed by atoms with Gasteiger partial charge in [0.25, 0.3) is 0 Å². The Labute approximate surface area is 144 Å². The minimum absolute atomic E-state index is 0.376. The molecule has 130 valence electrons. The highest BCUT2D eigenvalue weighted by Gasteiger charge is 2.44. The van der Waals surface area contributed by atoms with E-state index < -0.39 is 30.0 Å². The van der Waals surface area contributed by atoms with E-state index in [1.807, 2.05) is 0 Å². The molecule has 1 aromatic carbocycles. The number of ether oxygens (including phenoxy) is 2. The number of esters is 2. The first kappa shape index (κ1) is 18.2. The summed E-state index contributed by atoms with van der Waals surface area (Å²) in [5.41, 5.74) is 0.564. The molecule has 2 rings (SSSR count). The molecule has 0 spiro atoms. The molecule has 0 radical (unpaired) electrons. The number of carbonyl (C=O) groups excluding carboxylic acids is 3. The van der Waals surface area contributed by atoms with E-state index in [0.717, 1.165) is 0 Å². The van der Waals surface area contributed by atoms with Crippen LogP contribution in [0.15, 0.2) is 24.3 Å². The highest BCUT2D eigenvalue weighted by Crippen LogP contribution is 2.32. The van der Waals surface area contributed by atoms with E-state index in [9.17, 15) is 14.4 Å². The number of aldehydes is 1. The second kappa shape index (κ2) is 8.12. The molecule has 0 amide bonds. The Bertz CT molecular complexity index is 589. The van der Waals surface area contributed by atoms with Gasteiger partial charge in [-0.2, -0.15) is 0 Å². The maximum atomic E-state index is 12.1. The largest absolute Gasteiger partial charge is 0.468 e. The first-order valence-corrected chi connectivity index (χ1v) is 7.72. The van der Waals surface area contributed by atoms with E-state index in [2.05, 4.69) is 0 Å². The van der Waals surface area contributed by atoms with E-state index in [0.29, 0.717) is 29.8 Å². The van der Waals surface area contributed by atoms with Crippen molar-refractivity contribution in [3.05, 3.63) is 29.3 Å². The molecule has 0 aromatic heterocycles. The first-order valence-electron chi connectivity index (χ1n) is 7.34. The maximum Gasteiger partial charge on any atom is 0.322 e. The molecule has 0 aliphatic carbocycles. The normalized spacial score (nSPS) is 20.6. The SMILES string of the molecule is COC(=O)C(C(=O)OC)[C@H]1CC[C@H](C=O)ON1c1ccc(Cl)cc1. The van der Waals surface area contributed by atoms with Gasteiger partial charge in [-0.15, -0.1) is 0 Å². The molecular formula is C16H18ClNO6. The van der Waals surface area contributed by atoms with E-state index in [4.69, 9.17) is 25.9 Å². The van der Waals surface area contributed by atoms with Crippen LogP contribution < -0.4 is 5.06 Å². The smallest absolute Gasteiger partial charge is 0.322 e. The molecule has 0 saturated carbocycles. The Morgan fingerprint density at radius 2 is 1.79 bits per heavy atom. The van der Waals surface area contributed by atoms with E-state index >= 15 is 0 Å². The lowest BCUT2D eigenvalue weighted by molar-refractivity contribution is -0.163. The van der Waals surface area contributed by atoms with Crippen molar-refractivity contribution in [1.29, 1.82) is 0 Å². The van der Waals surface area contributed by atoms with Gasteiger partial charge in [0.15, 0.2) is 12.2 Å². The van der Waals surface area contributed by atoms with Crippen LogP contribution in [0.5, 0.6) is 0 Å². The van der Waals surface area contributed by atoms with Gasteiger partial charge in [0.1, 0.15) is 6.10 Å². The van der Waals surface area contributed by atoms with Gasteiger partial charge in [-0.05, 0) is 37.1 Å². The average Bonchev–Trinajstić information content (AvgIpc) is 2.62. The average molecular weight is 356 g/mol. The Balaban J connectivity index is 2.39. The molecule has 2 atom stereocenters. The molecule has 1 saturated heterocycles. The summed E-state index contributed by atoms with van der Waals surface area (Å²) in [6.07, 6.45) is 0.779. The zero-order valence-corrected chi connectivity index (χ0v) is 14.1. The number of anilines is 1. The number of rotatable bonds is 5. The molecule has 0 unspecified atom stereocenters. The Morgan fingerprint density at radius 3 is 2.29 bits per heavy atom. The summed E-state index contributed by atoms with van der Waals surface area (Å²) in [6.45, 7) is 0. The van der Waals surface area contributed by atoms with Crippen LogP contribution in [0.3, 0.4) is 0 Å². The molecule has 24 heavy (non-hydrogen) atoms. The molecular weight excluding hydrogens is 338 g/mol. The summed E-state index contributed by atoms with van der Waals surface area (Å²) in [6, 6.07) is 5.98. The molecule has 1 heterocycles. The standard InChI is InChI=1S/C16H18ClNO6/c1-22-15(20)14(16(21)23-2)13-8-7-12(9-19)24-18(13)11-5-3-10(17)4-6-11/h3-6,9,12-14H,7-8H2,1-2H3/t12-,13-/m1/s1. The third-order valence-electron chi connectivity index (χ3n) is 3.83. The monoisotopic (exact) mass is 355 g/mol. The fraction of sp³-hybridized carbons (Fsp3) is 0.438. The van der Waals surface area contributed by atoms with E-state index in [1.165, 1.54) is 19.3 Å². The highest BCUT2D eigenvalue weighted by atomic mass is 35.5. The number of methoxy groups -OCH3 is 2. The maximum absolute atomic E-state index is 12.1. The summed E-state index contributed by atoms with van der Waals surface area (Å²) in [5.74, 6) is -2.64. The molecule has 8 heteroatoms. The summed E-state index contributed by atoms with van der Waals surface area (Å²) >= 11 is 5.89. The van der Waals surface area contributed by atoms with Gasteiger partial charge in [-0.1, -0.05) is 11.6 Å². The molecule has 1 fully saturated rings. The van der Waals surface area contributed by atoms with Gasteiger partial charge >= 0.3 is 11.9 Å². The lowest BCUT2D eigenvalue weighted by Gasteiger charge is -2.40. The third-order valence-corrected chi connectivity index (χ3v) is 4.08. The second-order valence-corrected chi connectivity index (χ2v) is 5.69. The summed E-state index contributed by atoms with van der Waals surface area (Å²) < 4.78 is 9.46. The fourth-order valence-corrected chi connectivity index (χ4v) is 2.75. The van der Waals surface area contributed by atoms with Gasteiger partial charge in [0.2, 0.25) is 0 Å². The van der Waals surface area contributed by atoms with Crippen molar-refractivity contribution in [2.45, 2.75) is 25.0 Å². The van der Waals surface area contributed by atoms with Crippen LogP contribution in [-0.2, 0) is 28.7 Å². The minimum atomic E-state index is -1.19. The Morgan fingerprint density at radius 1 is 1.21 bits per heavy atom. The number of benzene rings is 1. The van der Waals surface area contributed by atoms with E-state index in [-0.39, 0.29) is 0 Å². The number of hydroxylamine groups is 1.